The minimum absolute atomic E-state index is 0.209. The average Bonchev–Trinajstić information content (AvgIpc) is 3.14. The molecule has 0 unspecified atom stereocenters. The molecule has 29 heavy (non-hydrogen) atoms. The molecule has 2 heterocycles. The summed E-state index contributed by atoms with van der Waals surface area (Å²) in [7, 11) is 1.61. The molecule has 0 saturated carbocycles. The molecule has 0 aromatic heterocycles. The van der Waals surface area contributed by atoms with Gasteiger partial charge in [0.2, 0.25) is 0 Å². The summed E-state index contributed by atoms with van der Waals surface area (Å²) in [4.78, 5) is 19.3. The predicted octanol–water partition coefficient (Wildman–Crippen LogP) is 3.58. The van der Waals surface area contributed by atoms with Crippen LogP contribution in [-0.2, 0) is 16.1 Å². The highest BCUT2D eigenvalue weighted by atomic mass is 32.2. The molecule has 2 aromatic rings. The molecule has 1 amide bonds. The van der Waals surface area contributed by atoms with E-state index in [1.807, 2.05) is 54.6 Å². The fourth-order valence-electron chi connectivity index (χ4n) is 3.07. The Balaban J connectivity index is 1.49. The van der Waals surface area contributed by atoms with Gasteiger partial charge >= 0.3 is 0 Å². The molecule has 2 aromatic carbocycles. The number of amides is 1. The maximum absolute atomic E-state index is 12.4. The van der Waals surface area contributed by atoms with Crippen LogP contribution in [0.3, 0.4) is 0 Å². The van der Waals surface area contributed by atoms with Crippen molar-refractivity contribution in [1.82, 2.24) is 4.90 Å². The van der Waals surface area contributed by atoms with Gasteiger partial charge in [0.25, 0.3) is 5.91 Å². The van der Waals surface area contributed by atoms with Gasteiger partial charge in [-0.1, -0.05) is 36.4 Å². The molecule has 150 valence electrons. The van der Waals surface area contributed by atoms with E-state index in [2.05, 4.69) is 9.89 Å². The van der Waals surface area contributed by atoms with Crippen molar-refractivity contribution in [1.29, 1.82) is 0 Å². The predicted molar refractivity (Wildman–Crippen MR) is 114 cm³/mol. The monoisotopic (exact) mass is 410 g/mol. The summed E-state index contributed by atoms with van der Waals surface area (Å²) in [6.07, 6.45) is 1.85. The average molecular weight is 410 g/mol. The molecule has 0 atom stereocenters. The lowest BCUT2D eigenvalue weighted by Gasteiger charge is -2.27. The lowest BCUT2D eigenvalue weighted by Crippen LogP contribution is -2.38. The Bertz CT molecular complexity index is 937. The molecular formula is C22H22N2O4S. The maximum atomic E-state index is 12.4. The number of hydrogen-bond donors (Lipinski definition) is 0. The fraction of sp³-hybridized carbons (Fsp3) is 0.273. The highest BCUT2D eigenvalue weighted by Gasteiger charge is 2.27. The van der Waals surface area contributed by atoms with E-state index < -0.39 is 0 Å². The first-order valence-electron chi connectivity index (χ1n) is 9.43. The number of amidine groups is 1. The molecule has 0 N–H and O–H groups in total. The van der Waals surface area contributed by atoms with Gasteiger partial charge in [-0.25, -0.2) is 0 Å². The number of nitrogens with zero attached hydrogens (tertiary/aromatic N) is 2. The Morgan fingerprint density at radius 1 is 1.14 bits per heavy atom. The van der Waals surface area contributed by atoms with Crippen molar-refractivity contribution in [3.63, 3.8) is 0 Å². The van der Waals surface area contributed by atoms with E-state index in [1.165, 1.54) is 11.8 Å². The first-order valence-corrected chi connectivity index (χ1v) is 10.2. The molecule has 0 radical (unpaired) electrons. The van der Waals surface area contributed by atoms with Crippen LogP contribution < -0.4 is 9.47 Å². The zero-order chi connectivity index (χ0) is 20.1. The molecule has 1 fully saturated rings. The first kappa shape index (κ1) is 19.5. The zero-order valence-corrected chi connectivity index (χ0v) is 17.0. The van der Waals surface area contributed by atoms with Gasteiger partial charge in [0.15, 0.2) is 16.7 Å². The van der Waals surface area contributed by atoms with Crippen LogP contribution >= 0.6 is 11.8 Å². The second-order valence-electron chi connectivity index (χ2n) is 6.59. The third-order valence-corrected chi connectivity index (χ3v) is 5.66. The van der Waals surface area contributed by atoms with Crippen LogP contribution in [0, 0.1) is 0 Å². The molecule has 0 aliphatic carbocycles. The van der Waals surface area contributed by atoms with Crippen LogP contribution in [0.1, 0.15) is 11.1 Å². The standard InChI is InChI=1S/C22H22N2O4S/c1-26-18-8-7-17(13-19(18)28-15-16-5-3-2-4-6-16)14-20-21(25)23-22(29-20)24-9-11-27-12-10-24/h2-8,13-14H,9-12,15H2,1H3. The van der Waals surface area contributed by atoms with E-state index in [4.69, 9.17) is 14.2 Å². The van der Waals surface area contributed by atoms with E-state index in [0.29, 0.717) is 36.2 Å². The van der Waals surface area contributed by atoms with Crippen molar-refractivity contribution in [3.8, 4) is 11.5 Å². The summed E-state index contributed by atoms with van der Waals surface area (Å²) in [6.45, 7) is 3.27. The number of thioether (sulfide) groups is 1. The van der Waals surface area contributed by atoms with Crippen molar-refractivity contribution < 1.29 is 19.0 Å². The molecule has 2 aliphatic rings. The number of rotatable bonds is 5. The van der Waals surface area contributed by atoms with Crippen LogP contribution in [0.2, 0.25) is 0 Å². The Morgan fingerprint density at radius 3 is 2.69 bits per heavy atom. The second-order valence-corrected chi connectivity index (χ2v) is 7.60. The van der Waals surface area contributed by atoms with Crippen LogP contribution in [0.4, 0.5) is 0 Å². The lowest BCUT2D eigenvalue weighted by molar-refractivity contribution is -0.113. The fourth-order valence-corrected chi connectivity index (χ4v) is 4.04. The summed E-state index contributed by atoms with van der Waals surface area (Å²) >= 11 is 1.41. The largest absolute Gasteiger partial charge is 0.493 e. The van der Waals surface area contributed by atoms with Crippen molar-refractivity contribution in [2.75, 3.05) is 33.4 Å². The third-order valence-electron chi connectivity index (χ3n) is 4.61. The molecule has 7 heteroatoms. The van der Waals surface area contributed by atoms with Gasteiger partial charge in [0, 0.05) is 13.1 Å². The van der Waals surface area contributed by atoms with E-state index in [-0.39, 0.29) is 5.91 Å². The van der Waals surface area contributed by atoms with Gasteiger partial charge in [-0.05, 0) is 41.1 Å². The SMILES string of the molecule is COc1ccc(C=C2SC(N3CCOCC3)=NC2=O)cc1OCc1ccccc1. The quantitative estimate of drug-likeness (QED) is 0.703. The third kappa shape index (κ3) is 4.81. The number of methoxy groups -OCH3 is 1. The van der Waals surface area contributed by atoms with E-state index in [0.717, 1.165) is 29.4 Å². The van der Waals surface area contributed by atoms with Crippen molar-refractivity contribution in [2.45, 2.75) is 6.61 Å². The molecular weight excluding hydrogens is 388 g/mol. The van der Waals surface area contributed by atoms with Crippen LogP contribution in [0.5, 0.6) is 11.5 Å². The zero-order valence-electron chi connectivity index (χ0n) is 16.2. The summed E-state index contributed by atoms with van der Waals surface area (Å²) in [5.74, 6) is 1.08. The summed E-state index contributed by atoms with van der Waals surface area (Å²) in [5, 5.41) is 0.749. The Hall–Kier alpha value is -2.77. The molecule has 2 aliphatic heterocycles. The number of carbonyl (C=O) groups excluding carboxylic acids is 1. The number of aliphatic imine (C=N–C) groups is 1. The number of morpholine rings is 1. The summed E-state index contributed by atoms with van der Waals surface area (Å²) in [6, 6.07) is 15.6. The van der Waals surface area contributed by atoms with E-state index in [9.17, 15) is 4.79 Å². The van der Waals surface area contributed by atoms with Gasteiger partial charge in [0.05, 0.1) is 25.2 Å². The van der Waals surface area contributed by atoms with Crippen molar-refractivity contribution in [3.05, 3.63) is 64.6 Å². The van der Waals surface area contributed by atoms with Crippen molar-refractivity contribution in [2.24, 2.45) is 4.99 Å². The first-order chi connectivity index (χ1) is 14.2. The number of carbonyl (C=O) groups is 1. The highest BCUT2D eigenvalue weighted by Crippen LogP contribution is 2.33. The number of hydrogen-bond acceptors (Lipinski definition) is 6. The molecule has 6 nitrogen and oxygen atoms in total. The molecule has 1 saturated heterocycles. The maximum Gasteiger partial charge on any atom is 0.286 e. The lowest BCUT2D eigenvalue weighted by atomic mass is 10.2. The Kier molecular flexibility index (Phi) is 6.17. The Labute approximate surface area is 174 Å². The summed E-state index contributed by atoms with van der Waals surface area (Å²) in [5.41, 5.74) is 1.94. The smallest absolute Gasteiger partial charge is 0.286 e. The van der Waals surface area contributed by atoms with Crippen LogP contribution in [0.15, 0.2) is 58.4 Å². The number of ether oxygens (including phenoxy) is 3. The van der Waals surface area contributed by atoms with Gasteiger partial charge in [-0.3, -0.25) is 4.79 Å². The topological polar surface area (TPSA) is 60.4 Å². The normalized spacial score (nSPS) is 18.1. The molecule has 4 rings (SSSR count). The summed E-state index contributed by atoms with van der Waals surface area (Å²) < 4.78 is 16.8. The van der Waals surface area contributed by atoms with E-state index in [1.54, 1.807) is 7.11 Å². The second kappa shape index (κ2) is 9.15. The van der Waals surface area contributed by atoms with Crippen molar-refractivity contribution >= 4 is 28.9 Å². The molecule has 0 spiro atoms. The Morgan fingerprint density at radius 2 is 1.93 bits per heavy atom. The minimum Gasteiger partial charge on any atom is -0.493 e. The minimum atomic E-state index is -0.209. The van der Waals surface area contributed by atoms with Gasteiger partial charge in [0.1, 0.15) is 6.61 Å². The van der Waals surface area contributed by atoms with Gasteiger partial charge in [-0.15, -0.1) is 0 Å². The van der Waals surface area contributed by atoms with E-state index >= 15 is 0 Å². The molecule has 0 bridgehead atoms. The van der Waals surface area contributed by atoms with Gasteiger partial charge < -0.3 is 19.1 Å². The van der Waals surface area contributed by atoms with Crippen LogP contribution in [-0.4, -0.2) is 49.4 Å². The van der Waals surface area contributed by atoms with Crippen LogP contribution in [0.25, 0.3) is 6.08 Å². The number of benzene rings is 2. The van der Waals surface area contributed by atoms with Gasteiger partial charge in [-0.2, -0.15) is 4.99 Å². The highest BCUT2D eigenvalue weighted by molar-refractivity contribution is 8.18.